The highest BCUT2D eigenvalue weighted by molar-refractivity contribution is 6.42. The molecule has 224 valence electrons. The van der Waals surface area contributed by atoms with Crippen LogP contribution in [0.2, 0.25) is 10.0 Å². The van der Waals surface area contributed by atoms with Crippen molar-refractivity contribution >= 4 is 53.3 Å². The molecule has 2 saturated heterocycles. The van der Waals surface area contributed by atoms with Gasteiger partial charge in [0.05, 0.1) is 16.1 Å². The fraction of sp³-hybridized carbons (Fsp3) is 0.516. The summed E-state index contributed by atoms with van der Waals surface area (Å²) in [5.74, 6) is -0.0613. The van der Waals surface area contributed by atoms with Crippen LogP contribution < -0.4 is 10.6 Å². The Labute approximate surface area is 259 Å². The number of halogens is 3. The number of hydrogen-bond donors (Lipinski definition) is 2. The molecular formula is C31H41Cl3N4O3. The molecule has 2 heterocycles. The number of benzene rings is 2. The standard InChI is InChI=1S/C31H40Cl2N4O3.ClH/c1-20(2)15-28(30(39)34-18-23-10-12-26(32)27(33)16-23)36-14-13-25(11-9-22-7-5-4-6-8-22)37-19-24(35-21(3)38)17-29(37)31(36)40;/h4-8,10,12,16,20,24-25,28-29H,9,11,13-15,17-19H2,1-3H3,(H,34,39)(H,35,38);1H/t24-,25?,28-,29+;/m1./s1. The number of amides is 3. The third kappa shape index (κ3) is 8.84. The van der Waals surface area contributed by atoms with Gasteiger partial charge in [-0.2, -0.15) is 0 Å². The van der Waals surface area contributed by atoms with Gasteiger partial charge in [0.1, 0.15) is 6.04 Å². The maximum atomic E-state index is 14.1. The Morgan fingerprint density at radius 3 is 2.44 bits per heavy atom. The molecule has 3 amide bonds. The van der Waals surface area contributed by atoms with Crippen LogP contribution in [0.4, 0.5) is 0 Å². The molecule has 0 aromatic heterocycles. The second kappa shape index (κ2) is 15.2. The number of hydrogen-bond acceptors (Lipinski definition) is 4. The molecule has 2 fully saturated rings. The average Bonchev–Trinajstić information content (AvgIpc) is 3.28. The molecule has 2 aromatic rings. The number of aryl methyl sites for hydroxylation is 1. The van der Waals surface area contributed by atoms with Crippen LogP contribution >= 0.6 is 35.6 Å². The van der Waals surface area contributed by atoms with Crippen molar-refractivity contribution in [1.29, 1.82) is 0 Å². The van der Waals surface area contributed by atoms with Crippen molar-refractivity contribution < 1.29 is 14.4 Å². The van der Waals surface area contributed by atoms with Crippen LogP contribution in [0.15, 0.2) is 48.5 Å². The molecule has 1 unspecified atom stereocenters. The summed E-state index contributed by atoms with van der Waals surface area (Å²) < 4.78 is 0. The van der Waals surface area contributed by atoms with Crippen molar-refractivity contribution in [2.75, 3.05) is 13.1 Å². The highest BCUT2D eigenvalue weighted by atomic mass is 35.5. The molecule has 2 N–H and O–H groups in total. The van der Waals surface area contributed by atoms with Gasteiger partial charge in [0.25, 0.3) is 0 Å². The maximum absolute atomic E-state index is 14.1. The van der Waals surface area contributed by atoms with Crippen LogP contribution in [0.1, 0.15) is 57.6 Å². The van der Waals surface area contributed by atoms with Crippen molar-refractivity contribution in [1.82, 2.24) is 20.4 Å². The summed E-state index contributed by atoms with van der Waals surface area (Å²) in [7, 11) is 0. The normalized spacial score (nSPS) is 21.6. The summed E-state index contributed by atoms with van der Waals surface area (Å²) in [4.78, 5) is 43.7. The van der Waals surface area contributed by atoms with Gasteiger partial charge in [-0.15, -0.1) is 12.4 Å². The molecule has 2 aliphatic rings. The van der Waals surface area contributed by atoms with Crippen molar-refractivity contribution in [2.24, 2.45) is 5.92 Å². The lowest BCUT2D eigenvalue weighted by Crippen LogP contribution is -2.53. The van der Waals surface area contributed by atoms with Gasteiger partial charge in [0.15, 0.2) is 0 Å². The molecule has 10 heteroatoms. The van der Waals surface area contributed by atoms with Crippen molar-refractivity contribution in [3.8, 4) is 0 Å². The van der Waals surface area contributed by atoms with Crippen LogP contribution in [-0.4, -0.2) is 64.8 Å². The fourth-order valence-electron chi connectivity index (χ4n) is 6.03. The monoisotopic (exact) mass is 622 g/mol. The Hall–Kier alpha value is -2.32. The molecular weight excluding hydrogens is 583 g/mol. The molecule has 0 radical (unpaired) electrons. The van der Waals surface area contributed by atoms with E-state index in [9.17, 15) is 14.4 Å². The van der Waals surface area contributed by atoms with Gasteiger partial charge in [-0.05, 0) is 61.3 Å². The van der Waals surface area contributed by atoms with E-state index in [0.29, 0.717) is 42.5 Å². The van der Waals surface area contributed by atoms with Gasteiger partial charge in [0.2, 0.25) is 17.7 Å². The first kappa shape index (κ1) is 33.2. The van der Waals surface area contributed by atoms with E-state index in [-0.39, 0.29) is 54.2 Å². The maximum Gasteiger partial charge on any atom is 0.243 e. The smallest absolute Gasteiger partial charge is 0.243 e. The second-order valence-electron chi connectivity index (χ2n) is 11.5. The van der Waals surface area contributed by atoms with E-state index in [1.54, 1.807) is 17.0 Å². The third-order valence-corrected chi connectivity index (χ3v) is 8.66. The molecule has 41 heavy (non-hydrogen) atoms. The van der Waals surface area contributed by atoms with E-state index < -0.39 is 6.04 Å². The van der Waals surface area contributed by atoms with Gasteiger partial charge in [-0.3, -0.25) is 19.3 Å². The molecule has 2 aliphatic heterocycles. The Balaban J connectivity index is 0.00000462. The minimum absolute atomic E-state index is 0. The van der Waals surface area contributed by atoms with E-state index in [2.05, 4.69) is 41.5 Å². The lowest BCUT2D eigenvalue weighted by atomic mass is 9.99. The first-order chi connectivity index (χ1) is 19.1. The second-order valence-corrected chi connectivity index (χ2v) is 12.3. The topological polar surface area (TPSA) is 81.8 Å². The predicted octanol–water partition coefficient (Wildman–Crippen LogP) is 5.26. The zero-order chi connectivity index (χ0) is 28.8. The SMILES string of the molecule is CC(=O)N[C@@H]1C[C@H]2C(=O)N([C@H](CC(C)C)C(=O)NCc3ccc(Cl)c(Cl)c3)CCC(CCc3ccccc3)N2C1.Cl. The zero-order valence-electron chi connectivity index (χ0n) is 23.9. The number of nitrogens with one attached hydrogen (secondary N) is 2. The molecule has 0 aliphatic carbocycles. The van der Waals surface area contributed by atoms with Crippen LogP contribution in [0.25, 0.3) is 0 Å². The number of rotatable bonds is 10. The number of carbonyl (C=O) groups excluding carboxylic acids is 3. The zero-order valence-corrected chi connectivity index (χ0v) is 26.3. The quantitative estimate of drug-likeness (QED) is 0.379. The van der Waals surface area contributed by atoms with Crippen LogP contribution in [-0.2, 0) is 27.3 Å². The molecule has 4 atom stereocenters. The summed E-state index contributed by atoms with van der Waals surface area (Å²) in [6.07, 6.45) is 3.71. The molecule has 2 aromatic carbocycles. The number of fused-ring (bicyclic) bond motifs is 1. The molecule has 7 nitrogen and oxygen atoms in total. The highest BCUT2D eigenvalue weighted by Gasteiger charge is 2.46. The van der Waals surface area contributed by atoms with E-state index in [1.807, 2.05) is 24.3 Å². The highest BCUT2D eigenvalue weighted by Crippen LogP contribution is 2.31. The number of nitrogens with zero attached hydrogens (tertiary/aromatic N) is 2. The lowest BCUT2D eigenvalue weighted by molar-refractivity contribution is -0.143. The molecule has 4 rings (SSSR count). The van der Waals surface area contributed by atoms with E-state index in [4.69, 9.17) is 23.2 Å². The summed E-state index contributed by atoms with van der Waals surface area (Å²) >= 11 is 12.2. The van der Waals surface area contributed by atoms with Crippen molar-refractivity contribution in [3.05, 3.63) is 69.7 Å². The van der Waals surface area contributed by atoms with Crippen LogP contribution in [0, 0.1) is 5.92 Å². The summed E-state index contributed by atoms with van der Waals surface area (Å²) in [6.45, 7) is 7.11. The molecule has 0 saturated carbocycles. The van der Waals surface area contributed by atoms with Crippen molar-refractivity contribution in [3.63, 3.8) is 0 Å². The Bertz CT molecular complexity index is 1200. The first-order valence-electron chi connectivity index (χ1n) is 14.2. The number of carbonyl (C=O) groups is 3. The minimum atomic E-state index is -0.579. The summed E-state index contributed by atoms with van der Waals surface area (Å²) in [5, 5.41) is 6.96. The predicted molar refractivity (Wildman–Crippen MR) is 166 cm³/mol. The summed E-state index contributed by atoms with van der Waals surface area (Å²) in [6, 6.07) is 14.8. The lowest BCUT2D eigenvalue weighted by Gasteiger charge is -2.33. The molecule has 0 bridgehead atoms. The Morgan fingerprint density at radius 1 is 1.05 bits per heavy atom. The van der Waals surface area contributed by atoms with E-state index in [1.165, 1.54) is 12.5 Å². The van der Waals surface area contributed by atoms with Crippen LogP contribution in [0.5, 0.6) is 0 Å². The largest absolute Gasteiger partial charge is 0.352 e. The summed E-state index contributed by atoms with van der Waals surface area (Å²) in [5.41, 5.74) is 2.11. The van der Waals surface area contributed by atoms with Crippen molar-refractivity contribution in [2.45, 2.75) is 83.6 Å². The minimum Gasteiger partial charge on any atom is -0.352 e. The molecule has 0 spiro atoms. The third-order valence-electron chi connectivity index (χ3n) is 7.92. The van der Waals surface area contributed by atoms with E-state index in [0.717, 1.165) is 24.8 Å². The first-order valence-corrected chi connectivity index (χ1v) is 15.0. The van der Waals surface area contributed by atoms with Gasteiger partial charge in [-0.25, -0.2) is 0 Å². The Kier molecular flexibility index (Phi) is 12.3. The van der Waals surface area contributed by atoms with E-state index >= 15 is 0 Å². The Morgan fingerprint density at radius 2 is 1.78 bits per heavy atom. The average molecular weight is 624 g/mol. The van der Waals surface area contributed by atoms with Gasteiger partial charge in [-0.1, -0.05) is 73.4 Å². The van der Waals surface area contributed by atoms with Gasteiger partial charge < -0.3 is 15.5 Å². The fourth-order valence-corrected chi connectivity index (χ4v) is 6.35. The van der Waals surface area contributed by atoms with Gasteiger partial charge >= 0.3 is 0 Å². The van der Waals surface area contributed by atoms with Crippen LogP contribution in [0.3, 0.4) is 0 Å². The van der Waals surface area contributed by atoms with Gasteiger partial charge in [0, 0.05) is 38.6 Å².